The second-order valence-electron chi connectivity index (χ2n) is 9.88. The first kappa shape index (κ1) is 30.4. The van der Waals surface area contributed by atoms with Gasteiger partial charge in [-0.1, -0.05) is 0 Å². The van der Waals surface area contributed by atoms with Gasteiger partial charge in [-0.3, -0.25) is 0 Å². The van der Waals surface area contributed by atoms with Crippen LogP contribution >= 0.6 is 11.3 Å². The number of imidazole rings is 1. The molecule has 234 valence electrons. The van der Waals surface area contributed by atoms with Crippen LogP contribution in [-0.4, -0.2) is 48.3 Å². The van der Waals surface area contributed by atoms with E-state index in [1.807, 2.05) is 0 Å². The van der Waals surface area contributed by atoms with Crippen LogP contribution < -0.4 is 4.74 Å². The fourth-order valence-corrected chi connectivity index (χ4v) is 5.37. The summed E-state index contributed by atoms with van der Waals surface area (Å²) in [7, 11) is 0. The van der Waals surface area contributed by atoms with E-state index in [1.165, 1.54) is 10.6 Å². The molecule has 17 heteroatoms. The van der Waals surface area contributed by atoms with Crippen LogP contribution in [0.1, 0.15) is 38.9 Å². The number of benzene rings is 2. The van der Waals surface area contributed by atoms with Gasteiger partial charge >= 0.3 is 18.2 Å². The van der Waals surface area contributed by atoms with E-state index in [2.05, 4.69) is 19.9 Å². The quantitative estimate of drug-likeness (QED) is 0.148. The summed E-state index contributed by atoms with van der Waals surface area (Å²) in [6.45, 7) is 0.104. The van der Waals surface area contributed by atoms with E-state index in [4.69, 9.17) is 9.47 Å². The number of ether oxygens (including phenoxy) is 2. The molecule has 6 rings (SSSR count). The van der Waals surface area contributed by atoms with Gasteiger partial charge in [0, 0.05) is 35.7 Å². The van der Waals surface area contributed by atoms with Crippen LogP contribution in [0.3, 0.4) is 0 Å². The lowest BCUT2D eigenvalue weighted by molar-refractivity contribution is -0.140. The van der Waals surface area contributed by atoms with E-state index in [1.54, 1.807) is 0 Å². The summed E-state index contributed by atoms with van der Waals surface area (Å²) in [6, 6.07) is 3.40. The number of rotatable bonds is 9. The van der Waals surface area contributed by atoms with E-state index >= 15 is 13.2 Å². The Morgan fingerprint density at radius 3 is 2.53 bits per heavy atom. The molecule has 0 aliphatic carbocycles. The molecule has 0 radical (unpaired) electrons. The summed E-state index contributed by atoms with van der Waals surface area (Å²) in [6.07, 6.45) is -3.85. The highest BCUT2D eigenvalue weighted by Gasteiger charge is 2.34. The Morgan fingerprint density at radius 1 is 1.09 bits per heavy atom. The molecule has 3 aromatic heterocycles. The van der Waals surface area contributed by atoms with Crippen molar-refractivity contribution in [1.29, 1.82) is 0 Å². The van der Waals surface area contributed by atoms with Crippen LogP contribution in [0.15, 0.2) is 35.8 Å². The van der Waals surface area contributed by atoms with Crippen molar-refractivity contribution in [2.75, 3.05) is 6.61 Å². The molecule has 0 amide bonds. The second kappa shape index (κ2) is 11.7. The normalized spacial score (nSPS) is 15.0. The summed E-state index contributed by atoms with van der Waals surface area (Å²) in [4.78, 5) is 26.8. The Bertz CT molecular complexity index is 1940. The topological polar surface area (TPSA) is 112 Å². The van der Waals surface area contributed by atoms with Gasteiger partial charge in [0.25, 0.3) is 0 Å². The summed E-state index contributed by atoms with van der Waals surface area (Å²) in [5.41, 5.74) is -3.23. The Balaban J connectivity index is 1.30. The fraction of sp³-hybridized carbons (Fsp3) is 0.250. The number of fused-ring (bicyclic) bond motifs is 1. The monoisotopic (exact) mass is 653 g/mol. The van der Waals surface area contributed by atoms with E-state index < -0.39 is 71.3 Å². The van der Waals surface area contributed by atoms with Gasteiger partial charge in [-0.25, -0.2) is 37.3 Å². The van der Waals surface area contributed by atoms with Gasteiger partial charge in [0.1, 0.15) is 28.8 Å². The number of aromatic nitrogens is 5. The van der Waals surface area contributed by atoms with Gasteiger partial charge < -0.3 is 19.1 Å². The predicted octanol–water partition coefficient (Wildman–Crippen LogP) is 6.18. The number of halogens is 7. The fourth-order valence-electron chi connectivity index (χ4n) is 4.66. The van der Waals surface area contributed by atoms with Crippen LogP contribution in [0.4, 0.5) is 30.7 Å². The highest BCUT2D eigenvalue weighted by Crippen LogP contribution is 2.32. The van der Waals surface area contributed by atoms with E-state index in [0.717, 1.165) is 23.7 Å². The summed E-state index contributed by atoms with van der Waals surface area (Å²) < 4.78 is 112. The molecule has 45 heavy (non-hydrogen) atoms. The van der Waals surface area contributed by atoms with Crippen molar-refractivity contribution in [3.63, 3.8) is 0 Å². The van der Waals surface area contributed by atoms with Crippen LogP contribution in [0.5, 0.6) is 6.01 Å². The number of carboxylic acids is 1. The smallest absolute Gasteiger partial charge is 0.434 e. The summed E-state index contributed by atoms with van der Waals surface area (Å²) in [5.74, 6) is -6.64. The number of thiazole rings is 1. The zero-order valence-corrected chi connectivity index (χ0v) is 23.4. The third kappa shape index (κ3) is 6.04. The highest BCUT2D eigenvalue weighted by atomic mass is 32.1. The first-order valence-electron chi connectivity index (χ1n) is 13.1. The number of alkyl halides is 3. The standard InChI is InChI=1S/C28H18F7N5O4S/c29-16-7-15(18-1-3-36-27(37-18)44-10-22-38-20(11-45-22)28(33,34)35)24(32)23(31)14(16)8-21-39-25-17(30)5-12(26(41)42)6-19(25)40(21)9-13-2-4-43-13/h1,3,5-7,11,13H,2,4,8-10H2,(H,41,42). The Morgan fingerprint density at radius 2 is 1.87 bits per heavy atom. The molecule has 1 atom stereocenters. The molecule has 1 fully saturated rings. The van der Waals surface area contributed by atoms with Crippen molar-refractivity contribution in [3.05, 3.63) is 86.8 Å². The molecule has 9 nitrogen and oxygen atoms in total. The summed E-state index contributed by atoms with van der Waals surface area (Å²) in [5, 5.41) is 10.1. The molecule has 2 aromatic carbocycles. The average Bonchev–Trinajstić information content (AvgIpc) is 3.59. The molecule has 0 saturated carbocycles. The Labute approximate surface area is 251 Å². The minimum Gasteiger partial charge on any atom is -0.478 e. The maximum Gasteiger partial charge on any atom is 0.434 e. The number of hydrogen-bond donors (Lipinski definition) is 1. The lowest BCUT2D eigenvalue weighted by atomic mass is 10.0. The molecule has 0 bridgehead atoms. The maximum absolute atomic E-state index is 15.4. The van der Waals surface area contributed by atoms with Gasteiger partial charge in [-0.15, -0.1) is 11.3 Å². The number of aromatic carboxylic acids is 1. The Hall–Kier alpha value is -4.64. The van der Waals surface area contributed by atoms with E-state index in [9.17, 15) is 27.5 Å². The van der Waals surface area contributed by atoms with Crippen molar-refractivity contribution in [2.24, 2.45) is 0 Å². The van der Waals surface area contributed by atoms with Crippen LogP contribution in [0.25, 0.3) is 22.3 Å². The second-order valence-corrected chi connectivity index (χ2v) is 10.8. The minimum atomic E-state index is -4.64. The molecule has 0 spiro atoms. The third-order valence-corrected chi connectivity index (χ3v) is 7.80. The number of nitrogens with zero attached hydrogens (tertiary/aromatic N) is 5. The lowest BCUT2D eigenvalue weighted by Gasteiger charge is -2.27. The van der Waals surface area contributed by atoms with Crippen molar-refractivity contribution < 1.29 is 50.1 Å². The van der Waals surface area contributed by atoms with Crippen molar-refractivity contribution in [1.82, 2.24) is 24.5 Å². The number of carbonyl (C=O) groups is 1. The molecule has 1 unspecified atom stereocenters. The lowest BCUT2D eigenvalue weighted by Crippen LogP contribution is -2.31. The molecule has 1 saturated heterocycles. The van der Waals surface area contributed by atoms with Gasteiger partial charge in [0.05, 0.1) is 29.4 Å². The maximum atomic E-state index is 15.4. The van der Waals surface area contributed by atoms with Crippen molar-refractivity contribution >= 4 is 28.3 Å². The predicted molar refractivity (Wildman–Crippen MR) is 143 cm³/mol. The first-order chi connectivity index (χ1) is 21.4. The SMILES string of the molecule is O=C(O)c1cc(F)c2nc(Cc3c(F)cc(-c4ccnc(OCc5nc(C(F)(F)F)cs5)n4)c(F)c3F)n(CC3CCO3)c2c1. The zero-order valence-electron chi connectivity index (χ0n) is 22.5. The largest absolute Gasteiger partial charge is 0.478 e. The molecular weight excluding hydrogens is 635 g/mol. The molecular formula is C28H18F7N5O4S. The van der Waals surface area contributed by atoms with Crippen LogP contribution in [0, 0.1) is 23.3 Å². The highest BCUT2D eigenvalue weighted by molar-refractivity contribution is 7.09. The average molecular weight is 654 g/mol. The number of hydrogen-bond acceptors (Lipinski definition) is 8. The van der Waals surface area contributed by atoms with Gasteiger partial charge in [0.2, 0.25) is 0 Å². The number of carboxylic acid groups (broad SMARTS) is 1. The first-order valence-corrected chi connectivity index (χ1v) is 13.9. The van der Waals surface area contributed by atoms with E-state index in [-0.39, 0.29) is 45.8 Å². The third-order valence-electron chi connectivity index (χ3n) is 6.98. The zero-order chi connectivity index (χ0) is 32.0. The molecule has 4 heterocycles. The molecule has 1 N–H and O–H groups in total. The van der Waals surface area contributed by atoms with Crippen molar-refractivity contribution in [3.8, 4) is 17.3 Å². The Kier molecular flexibility index (Phi) is 7.90. The van der Waals surface area contributed by atoms with Gasteiger partial charge in [0.15, 0.2) is 23.1 Å². The van der Waals surface area contributed by atoms with Gasteiger partial charge in [-0.2, -0.15) is 18.2 Å². The molecule has 1 aliphatic rings. The summed E-state index contributed by atoms with van der Waals surface area (Å²) >= 11 is 0.686. The molecule has 5 aromatic rings. The van der Waals surface area contributed by atoms with Crippen LogP contribution in [0.2, 0.25) is 0 Å². The molecule has 1 aliphatic heterocycles. The minimum absolute atomic E-state index is 0.0436. The van der Waals surface area contributed by atoms with Gasteiger partial charge in [-0.05, 0) is 30.7 Å². The van der Waals surface area contributed by atoms with E-state index in [0.29, 0.717) is 30.4 Å². The van der Waals surface area contributed by atoms with Crippen LogP contribution in [-0.2, 0) is 30.5 Å². The van der Waals surface area contributed by atoms with Crippen molar-refractivity contribution in [2.45, 2.75) is 38.3 Å².